The minimum Gasteiger partial charge on any atom is -0.356 e. The number of halogens is 1. The fourth-order valence-electron chi connectivity index (χ4n) is 2.17. The molecule has 1 heterocycles. The normalized spacial score (nSPS) is 16.5. The molecule has 29 heavy (non-hydrogen) atoms. The lowest BCUT2D eigenvalue weighted by Gasteiger charge is -2.34. The third-order valence-electron chi connectivity index (χ3n) is 3.47. The Morgan fingerprint density at radius 2 is 1.52 bits per heavy atom. The number of hydrogen-bond acceptors (Lipinski definition) is 9. The summed E-state index contributed by atoms with van der Waals surface area (Å²) in [5.41, 5.74) is -0.730. The number of hydrogen-bond donors (Lipinski definition) is 2. The summed E-state index contributed by atoms with van der Waals surface area (Å²) < 4.78 is 0. The summed E-state index contributed by atoms with van der Waals surface area (Å²) in [6, 6.07) is 0. The SMILES string of the molecule is CC(=O)CC(=O)NCCCON1C=NCN(OCCCNC(=O)CC(C)=O)C1Cl. The van der Waals surface area contributed by atoms with Crippen LogP contribution in [0.1, 0.15) is 39.5 Å². The summed E-state index contributed by atoms with van der Waals surface area (Å²) >= 11 is 6.29. The first-order chi connectivity index (χ1) is 13.8. The highest BCUT2D eigenvalue weighted by molar-refractivity contribution is 6.20. The van der Waals surface area contributed by atoms with Crippen molar-refractivity contribution < 1.29 is 28.9 Å². The smallest absolute Gasteiger partial charge is 0.227 e. The molecule has 1 aliphatic rings. The minimum atomic E-state index is -0.730. The Kier molecular flexibility index (Phi) is 12.0. The average Bonchev–Trinajstić information content (AvgIpc) is 2.62. The van der Waals surface area contributed by atoms with Crippen molar-refractivity contribution in [3.63, 3.8) is 0 Å². The van der Waals surface area contributed by atoms with Crippen LogP contribution in [0.4, 0.5) is 0 Å². The van der Waals surface area contributed by atoms with E-state index in [-0.39, 0.29) is 49.5 Å². The van der Waals surface area contributed by atoms with Crippen molar-refractivity contribution in [3.05, 3.63) is 0 Å². The third-order valence-corrected chi connectivity index (χ3v) is 3.88. The number of aliphatic imine (C=N–C) groups is 1. The van der Waals surface area contributed by atoms with Crippen molar-refractivity contribution in [2.45, 2.75) is 45.2 Å². The van der Waals surface area contributed by atoms with Gasteiger partial charge in [-0.25, -0.2) is 5.06 Å². The second-order valence-electron chi connectivity index (χ2n) is 6.36. The van der Waals surface area contributed by atoms with Crippen molar-refractivity contribution >= 4 is 41.3 Å². The first kappa shape index (κ1) is 25.0. The predicted octanol–water partition coefficient (Wildman–Crippen LogP) is -0.0538. The molecule has 0 fully saturated rings. The van der Waals surface area contributed by atoms with Crippen LogP contribution in [0, 0.1) is 0 Å². The zero-order chi connectivity index (χ0) is 21.6. The number of amides is 2. The molecule has 1 rings (SSSR count). The van der Waals surface area contributed by atoms with Crippen LogP contribution in [0.5, 0.6) is 0 Å². The number of nitrogens with zero attached hydrogens (tertiary/aromatic N) is 3. The monoisotopic (exact) mass is 433 g/mol. The minimum absolute atomic E-state index is 0.127. The molecule has 12 heteroatoms. The maximum atomic E-state index is 11.4. The molecule has 0 saturated heterocycles. The van der Waals surface area contributed by atoms with Gasteiger partial charge in [-0.2, -0.15) is 0 Å². The van der Waals surface area contributed by atoms with Crippen molar-refractivity contribution in [1.29, 1.82) is 0 Å². The standard InChI is InChI=1S/C17H28ClN5O6/c1-13(24)9-15(26)20-5-3-7-28-22-11-19-12-23(17(22)18)29-8-4-6-21-16(27)10-14(2)25/h11,17H,3-10,12H2,1-2H3,(H,20,26)(H,21,27). The molecule has 0 radical (unpaired) electrons. The van der Waals surface area contributed by atoms with Gasteiger partial charge < -0.3 is 10.6 Å². The van der Waals surface area contributed by atoms with Gasteiger partial charge in [0.05, 0.1) is 26.1 Å². The average molecular weight is 434 g/mol. The van der Waals surface area contributed by atoms with E-state index >= 15 is 0 Å². The predicted molar refractivity (Wildman–Crippen MR) is 104 cm³/mol. The van der Waals surface area contributed by atoms with E-state index in [4.69, 9.17) is 21.3 Å². The molecule has 0 bridgehead atoms. The van der Waals surface area contributed by atoms with E-state index in [1.807, 2.05) is 0 Å². The van der Waals surface area contributed by atoms with Gasteiger partial charge in [0.1, 0.15) is 24.6 Å². The van der Waals surface area contributed by atoms with Crippen molar-refractivity contribution in [1.82, 2.24) is 20.8 Å². The van der Waals surface area contributed by atoms with Gasteiger partial charge in [-0.1, -0.05) is 11.6 Å². The van der Waals surface area contributed by atoms with E-state index in [1.54, 1.807) is 0 Å². The van der Waals surface area contributed by atoms with Crippen LogP contribution in [0.15, 0.2) is 4.99 Å². The fraction of sp³-hybridized carbons (Fsp3) is 0.706. The third kappa shape index (κ3) is 11.5. The van der Waals surface area contributed by atoms with Gasteiger partial charge in [-0.15, -0.1) is 5.06 Å². The molecular formula is C17H28ClN5O6. The van der Waals surface area contributed by atoms with E-state index in [9.17, 15) is 19.2 Å². The maximum Gasteiger partial charge on any atom is 0.227 e. The molecule has 2 amide bonds. The summed E-state index contributed by atoms with van der Waals surface area (Å²) in [5.74, 6) is -1.00. The first-order valence-electron chi connectivity index (χ1n) is 9.26. The zero-order valence-corrected chi connectivity index (χ0v) is 17.4. The Balaban J connectivity index is 2.17. The zero-order valence-electron chi connectivity index (χ0n) is 16.7. The number of carbonyl (C=O) groups is 4. The summed E-state index contributed by atoms with van der Waals surface area (Å²) in [7, 11) is 0. The molecule has 0 aliphatic carbocycles. The summed E-state index contributed by atoms with van der Waals surface area (Å²) in [4.78, 5) is 59.5. The largest absolute Gasteiger partial charge is 0.356 e. The van der Waals surface area contributed by atoms with E-state index in [0.717, 1.165) is 0 Å². The molecule has 0 saturated carbocycles. The van der Waals surface area contributed by atoms with Crippen LogP contribution in [-0.2, 0) is 28.9 Å². The first-order valence-corrected chi connectivity index (χ1v) is 9.70. The number of alkyl halides is 1. The van der Waals surface area contributed by atoms with Gasteiger partial charge >= 0.3 is 0 Å². The molecular weight excluding hydrogens is 406 g/mol. The van der Waals surface area contributed by atoms with Crippen molar-refractivity contribution in [2.24, 2.45) is 4.99 Å². The van der Waals surface area contributed by atoms with Crippen LogP contribution in [0.2, 0.25) is 0 Å². The highest BCUT2D eigenvalue weighted by atomic mass is 35.5. The highest BCUT2D eigenvalue weighted by Gasteiger charge is 2.26. The molecule has 0 aromatic carbocycles. The summed E-state index contributed by atoms with van der Waals surface area (Å²) in [6.07, 6.45) is 2.26. The Morgan fingerprint density at radius 3 is 2.03 bits per heavy atom. The Bertz CT molecular complexity index is 603. The molecule has 1 aliphatic heterocycles. The number of nitrogens with one attached hydrogen (secondary N) is 2. The van der Waals surface area contributed by atoms with Crippen LogP contribution >= 0.6 is 11.6 Å². The van der Waals surface area contributed by atoms with Crippen LogP contribution in [0.3, 0.4) is 0 Å². The lowest BCUT2D eigenvalue weighted by atomic mass is 10.3. The molecule has 0 aromatic heterocycles. The van der Waals surface area contributed by atoms with Gasteiger partial charge in [0.2, 0.25) is 17.4 Å². The van der Waals surface area contributed by atoms with E-state index in [2.05, 4.69) is 15.6 Å². The van der Waals surface area contributed by atoms with E-state index < -0.39 is 5.62 Å². The Hall–Kier alpha value is -2.08. The highest BCUT2D eigenvalue weighted by Crippen LogP contribution is 2.15. The van der Waals surface area contributed by atoms with E-state index in [0.29, 0.717) is 32.5 Å². The maximum absolute atomic E-state index is 11.4. The molecule has 11 nitrogen and oxygen atoms in total. The molecule has 1 unspecified atom stereocenters. The Morgan fingerprint density at radius 1 is 1.00 bits per heavy atom. The fourth-order valence-corrected chi connectivity index (χ4v) is 2.40. The van der Waals surface area contributed by atoms with Gasteiger partial charge in [-0.05, 0) is 26.7 Å². The number of rotatable bonds is 14. The van der Waals surface area contributed by atoms with Gasteiger partial charge in [0.25, 0.3) is 0 Å². The van der Waals surface area contributed by atoms with Crippen LogP contribution < -0.4 is 10.6 Å². The van der Waals surface area contributed by atoms with Gasteiger partial charge in [-0.3, -0.25) is 33.8 Å². The van der Waals surface area contributed by atoms with Gasteiger partial charge in [0.15, 0.2) is 0 Å². The Labute approximate surface area is 174 Å². The number of hydroxylamine groups is 4. The van der Waals surface area contributed by atoms with Crippen molar-refractivity contribution in [2.75, 3.05) is 33.0 Å². The van der Waals surface area contributed by atoms with Gasteiger partial charge in [0, 0.05) is 13.1 Å². The summed E-state index contributed by atoms with van der Waals surface area (Å²) in [6.45, 7) is 4.29. The molecule has 0 spiro atoms. The molecule has 164 valence electrons. The van der Waals surface area contributed by atoms with Crippen molar-refractivity contribution in [3.8, 4) is 0 Å². The summed E-state index contributed by atoms with van der Waals surface area (Å²) in [5, 5.41) is 8.00. The molecule has 0 aromatic rings. The van der Waals surface area contributed by atoms with Crippen LogP contribution in [-0.4, -0.2) is 78.4 Å². The second-order valence-corrected chi connectivity index (χ2v) is 6.75. The number of Topliss-reactive ketones (excluding diaryl/α,β-unsaturated/α-hetero) is 2. The quantitative estimate of drug-likeness (QED) is 0.169. The lowest BCUT2D eigenvalue weighted by Crippen LogP contribution is -2.48. The number of ketones is 2. The second kappa shape index (κ2) is 14.0. The molecule has 1 atom stereocenters. The number of carbonyl (C=O) groups excluding carboxylic acids is 4. The lowest BCUT2D eigenvalue weighted by molar-refractivity contribution is -0.248. The molecule has 2 N–H and O–H groups in total. The topological polar surface area (TPSA) is 130 Å². The van der Waals surface area contributed by atoms with Crippen LogP contribution in [0.25, 0.3) is 0 Å². The van der Waals surface area contributed by atoms with E-state index in [1.165, 1.54) is 30.3 Å².